The molecule has 0 radical (unpaired) electrons. The molecule has 0 saturated carbocycles. The Morgan fingerprint density at radius 1 is 1.23 bits per heavy atom. The Hall–Kier alpha value is -2.04. The predicted molar refractivity (Wildman–Crippen MR) is 82.5 cm³/mol. The van der Waals surface area contributed by atoms with Crippen LogP contribution in [0.1, 0.15) is 44.7 Å². The van der Waals surface area contributed by atoms with E-state index in [4.69, 9.17) is 4.74 Å². The molecule has 0 spiro atoms. The first-order valence-corrected chi connectivity index (χ1v) is 7.46. The molecular formula is C17H24NO4-. The normalized spacial score (nSPS) is 12.3. The highest BCUT2D eigenvalue weighted by molar-refractivity contribution is 5.83. The monoisotopic (exact) mass is 306 g/mol. The van der Waals surface area contributed by atoms with Crippen LogP contribution in [0.25, 0.3) is 0 Å². The summed E-state index contributed by atoms with van der Waals surface area (Å²) in [6.07, 6.45) is 0. The molecule has 0 aliphatic rings. The van der Waals surface area contributed by atoms with Crippen molar-refractivity contribution in [1.29, 1.82) is 0 Å². The number of rotatable bonds is 7. The second-order valence-electron chi connectivity index (χ2n) is 6.07. The summed E-state index contributed by atoms with van der Waals surface area (Å²) in [5, 5.41) is 13.3. The Balaban J connectivity index is 2.61. The molecule has 1 aromatic carbocycles. The van der Waals surface area contributed by atoms with Crippen LogP contribution >= 0.6 is 0 Å². The van der Waals surface area contributed by atoms with Gasteiger partial charge in [0.2, 0.25) is 0 Å². The third kappa shape index (κ3) is 5.06. The van der Waals surface area contributed by atoms with E-state index < -0.39 is 17.9 Å². The fourth-order valence-electron chi connectivity index (χ4n) is 2.25. The lowest BCUT2D eigenvalue weighted by Gasteiger charge is -2.23. The lowest BCUT2D eigenvalue weighted by Crippen LogP contribution is -2.51. The maximum absolute atomic E-state index is 11.8. The Bertz CT molecular complexity index is 537. The highest BCUT2D eigenvalue weighted by Crippen LogP contribution is 2.23. The number of amides is 1. The van der Waals surface area contributed by atoms with Gasteiger partial charge in [-0.3, -0.25) is 4.79 Å². The number of nitrogens with one attached hydrogen (secondary N) is 1. The van der Waals surface area contributed by atoms with E-state index >= 15 is 0 Å². The molecule has 0 fully saturated rings. The fraction of sp³-hybridized carbons (Fsp3) is 0.529. The van der Waals surface area contributed by atoms with Crippen molar-refractivity contribution in [1.82, 2.24) is 5.32 Å². The molecule has 22 heavy (non-hydrogen) atoms. The molecule has 0 saturated heterocycles. The van der Waals surface area contributed by atoms with E-state index in [2.05, 4.69) is 19.2 Å². The standard InChI is InChI=1S/C17H25NO4/c1-10(2)14-7-6-13(8-12(14)5)22-9-15(19)18-16(11(3)4)17(20)21/h6-8,10-11,16H,9H2,1-5H3,(H,18,19)(H,20,21)/p-1/t16-/m0/s1. The number of carboxylic acids is 1. The van der Waals surface area contributed by atoms with Crippen molar-refractivity contribution in [3.63, 3.8) is 0 Å². The fourth-order valence-corrected chi connectivity index (χ4v) is 2.25. The number of carbonyl (C=O) groups is 2. The number of aryl methyl sites for hydroxylation is 1. The molecule has 1 atom stereocenters. The van der Waals surface area contributed by atoms with Gasteiger partial charge in [-0.25, -0.2) is 0 Å². The van der Waals surface area contributed by atoms with Crippen LogP contribution in [-0.2, 0) is 9.59 Å². The van der Waals surface area contributed by atoms with Crippen molar-refractivity contribution in [2.24, 2.45) is 5.92 Å². The lowest BCUT2D eigenvalue weighted by molar-refractivity contribution is -0.309. The van der Waals surface area contributed by atoms with Gasteiger partial charge in [-0.2, -0.15) is 0 Å². The number of ether oxygens (including phenoxy) is 1. The van der Waals surface area contributed by atoms with Crippen LogP contribution in [0.2, 0.25) is 0 Å². The minimum absolute atomic E-state index is 0.225. The van der Waals surface area contributed by atoms with Crippen molar-refractivity contribution in [3.8, 4) is 5.75 Å². The van der Waals surface area contributed by atoms with E-state index in [0.29, 0.717) is 11.7 Å². The Kier molecular flexibility index (Phi) is 6.40. The van der Waals surface area contributed by atoms with Gasteiger partial charge in [-0.05, 0) is 42.0 Å². The van der Waals surface area contributed by atoms with Crippen LogP contribution in [0.15, 0.2) is 18.2 Å². The molecule has 0 bridgehead atoms. The number of carbonyl (C=O) groups excluding carboxylic acids is 2. The van der Waals surface area contributed by atoms with E-state index in [1.807, 2.05) is 25.1 Å². The van der Waals surface area contributed by atoms with Crippen LogP contribution in [0.4, 0.5) is 0 Å². The summed E-state index contributed by atoms with van der Waals surface area (Å²) in [6.45, 7) is 9.40. The van der Waals surface area contributed by atoms with Crippen molar-refractivity contribution >= 4 is 11.9 Å². The van der Waals surface area contributed by atoms with E-state index in [1.165, 1.54) is 5.56 Å². The van der Waals surface area contributed by atoms with E-state index in [0.717, 1.165) is 5.56 Å². The maximum atomic E-state index is 11.8. The summed E-state index contributed by atoms with van der Waals surface area (Å²) < 4.78 is 5.42. The molecule has 122 valence electrons. The smallest absolute Gasteiger partial charge is 0.258 e. The third-order valence-corrected chi connectivity index (χ3v) is 3.47. The van der Waals surface area contributed by atoms with E-state index in [9.17, 15) is 14.7 Å². The van der Waals surface area contributed by atoms with Gasteiger partial charge in [0.15, 0.2) is 6.61 Å². The zero-order valence-corrected chi connectivity index (χ0v) is 13.8. The average Bonchev–Trinajstić information content (AvgIpc) is 2.41. The Labute approximate surface area is 131 Å². The van der Waals surface area contributed by atoms with Crippen LogP contribution in [0, 0.1) is 12.8 Å². The predicted octanol–water partition coefficient (Wildman–Crippen LogP) is 1.39. The summed E-state index contributed by atoms with van der Waals surface area (Å²) in [5.41, 5.74) is 2.33. The molecule has 1 aromatic rings. The molecule has 0 aliphatic carbocycles. The first-order chi connectivity index (χ1) is 10.2. The number of hydrogen-bond donors (Lipinski definition) is 1. The van der Waals surface area contributed by atoms with Crippen molar-refractivity contribution in [3.05, 3.63) is 29.3 Å². The first-order valence-electron chi connectivity index (χ1n) is 7.46. The summed E-state index contributed by atoms with van der Waals surface area (Å²) in [7, 11) is 0. The summed E-state index contributed by atoms with van der Waals surface area (Å²) in [4.78, 5) is 22.7. The SMILES string of the molecule is Cc1cc(OCC(=O)N[C@H](C(=O)[O-])C(C)C)ccc1C(C)C. The van der Waals surface area contributed by atoms with Gasteiger partial charge in [-0.15, -0.1) is 0 Å². The summed E-state index contributed by atoms with van der Waals surface area (Å²) >= 11 is 0. The van der Waals surface area contributed by atoms with Crippen molar-refractivity contribution in [2.45, 2.75) is 46.6 Å². The second kappa shape index (κ2) is 7.82. The molecule has 0 unspecified atom stereocenters. The van der Waals surface area contributed by atoms with Crippen molar-refractivity contribution < 1.29 is 19.4 Å². The molecule has 0 heterocycles. The molecule has 5 heteroatoms. The van der Waals surface area contributed by atoms with Crippen LogP contribution < -0.4 is 15.2 Å². The quantitative estimate of drug-likeness (QED) is 0.825. The van der Waals surface area contributed by atoms with Gasteiger partial charge in [0, 0.05) is 0 Å². The molecule has 1 rings (SSSR count). The molecule has 5 nitrogen and oxygen atoms in total. The van der Waals surface area contributed by atoms with Crippen LogP contribution in [-0.4, -0.2) is 24.5 Å². The van der Waals surface area contributed by atoms with Crippen LogP contribution in [0.5, 0.6) is 5.75 Å². The van der Waals surface area contributed by atoms with Gasteiger partial charge in [0.1, 0.15) is 5.75 Å². The van der Waals surface area contributed by atoms with E-state index in [-0.39, 0.29) is 12.5 Å². The second-order valence-corrected chi connectivity index (χ2v) is 6.07. The van der Waals surface area contributed by atoms with Gasteiger partial charge in [0.25, 0.3) is 5.91 Å². The first kappa shape index (κ1) is 18.0. The summed E-state index contributed by atoms with van der Waals surface area (Å²) in [6, 6.07) is 4.65. The number of hydrogen-bond acceptors (Lipinski definition) is 4. The van der Waals surface area contributed by atoms with Crippen LogP contribution in [0.3, 0.4) is 0 Å². The average molecular weight is 306 g/mol. The minimum Gasteiger partial charge on any atom is -0.548 e. The Morgan fingerprint density at radius 3 is 2.32 bits per heavy atom. The van der Waals surface area contributed by atoms with Gasteiger partial charge in [0.05, 0.1) is 12.0 Å². The highest BCUT2D eigenvalue weighted by Gasteiger charge is 2.17. The molecular weight excluding hydrogens is 282 g/mol. The van der Waals surface area contributed by atoms with E-state index in [1.54, 1.807) is 13.8 Å². The lowest BCUT2D eigenvalue weighted by atomic mass is 9.98. The third-order valence-electron chi connectivity index (χ3n) is 3.47. The zero-order valence-electron chi connectivity index (χ0n) is 13.8. The van der Waals surface area contributed by atoms with Gasteiger partial charge in [-0.1, -0.05) is 33.8 Å². The highest BCUT2D eigenvalue weighted by atomic mass is 16.5. The van der Waals surface area contributed by atoms with Gasteiger partial charge >= 0.3 is 0 Å². The minimum atomic E-state index is -1.29. The van der Waals surface area contributed by atoms with Gasteiger partial charge < -0.3 is 20.0 Å². The maximum Gasteiger partial charge on any atom is 0.258 e. The topological polar surface area (TPSA) is 78.5 Å². The van der Waals surface area contributed by atoms with Crippen molar-refractivity contribution in [2.75, 3.05) is 6.61 Å². The molecule has 0 aliphatic heterocycles. The summed E-state index contributed by atoms with van der Waals surface area (Å²) in [5.74, 6) is -1.01. The zero-order chi connectivity index (χ0) is 16.9. The number of benzene rings is 1. The molecule has 1 amide bonds. The molecule has 0 aromatic heterocycles. The number of aliphatic carboxylic acids is 1. The number of carboxylic acid groups (broad SMARTS) is 1. The molecule has 1 N–H and O–H groups in total. The Morgan fingerprint density at radius 2 is 1.86 bits per heavy atom. The largest absolute Gasteiger partial charge is 0.548 e.